The first-order chi connectivity index (χ1) is 10.6. The van der Waals surface area contributed by atoms with E-state index in [-0.39, 0.29) is 13.1 Å². The van der Waals surface area contributed by atoms with E-state index >= 15 is 0 Å². The number of para-hydroxylation sites is 1. The van der Waals surface area contributed by atoms with Crippen molar-refractivity contribution in [2.45, 2.75) is 6.54 Å². The lowest BCUT2D eigenvalue weighted by atomic mass is 10.3. The Labute approximate surface area is 129 Å². The molecule has 9 nitrogen and oxygen atoms in total. The van der Waals surface area contributed by atoms with Crippen LogP contribution in [0.4, 0.5) is 4.79 Å². The second-order valence-electron chi connectivity index (χ2n) is 4.56. The molecule has 1 aromatic heterocycles. The van der Waals surface area contributed by atoms with Gasteiger partial charge in [0, 0.05) is 13.1 Å². The van der Waals surface area contributed by atoms with Crippen LogP contribution < -0.4 is 11.0 Å². The SMILES string of the molecule is O=C(Cn1nnn(-c2ccccc2Cl)c1=O)N1CCNC1=O. The third kappa shape index (κ3) is 2.46. The highest BCUT2D eigenvalue weighted by Gasteiger charge is 2.27. The molecule has 3 amide bonds. The number of hydrogen-bond donors (Lipinski definition) is 1. The first-order valence-electron chi connectivity index (χ1n) is 6.44. The van der Waals surface area contributed by atoms with E-state index in [1.807, 2.05) is 0 Å². The molecule has 0 atom stereocenters. The summed E-state index contributed by atoms with van der Waals surface area (Å²) in [5.41, 5.74) is -0.243. The standard InChI is InChI=1S/C12H11ClN6O3/c13-8-3-1-2-4-9(8)19-12(22)18(15-16-19)7-10(20)17-6-5-14-11(17)21/h1-4H,5-7H2,(H,14,21). The number of rotatable bonds is 3. The van der Waals surface area contributed by atoms with Gasteiger partial charge in [-0.15, -0.1) is 0 Å². The normalized spacial score (nSPS) is 14.2. The number of urea groups is 1. The summed E-state index contributed by atoms with van der Waals surface area (Å²) in [7, 11) is 0. The van der Waals surface area contributed by atoms with Crippen LogP contribution in [0.25, 0.3) is 5.69 Å². The Kier molecular flexibility index (Phi) is 3.63. The predicted molar refractivity (Wildman–Crippen MR) is 75.7 cm³/mol. The highest BCUT2D eigenvalue weighted by molar-refractivity contribution is 6.32. The van der Waals surface area contributed by atoms with Gasteiger partial charge in [-0.2, -0.15) is 9.36 Å². The minimum Gasteiger partial charge on any atom is -0.336 e. The van der Waals surface area contributed by atoms with Gasteiger partial charge in [0.15, 0.2) is 0 Å². The molecule has 22 heavy (non-hydrogen) atoms. The smallest absolute Gasteiger partial charge is 0.336 e. The van der Waals surface area contributed by atoms with Gasteiger partial charge >= 0.3 is 11.7 Å². The number of tetrazole rings is 1. The van der Waals surface area contributed by atoms with Crippen molar-refractivity contribution in [1.29, 1.82) is 0 Å². The predicted octanol–water partition coefficient (Wildman–Crippen LogP) is -0.366. The van der Waals surface area contributed by atoms with Gasteiger partial charge in [-0.05, 0) is 22.6 Å². The summed E-state index contributed by atoms with van der Waals surface area (Å²) in [4.78, 5) is 36.7. The molecule has 1 aromatic carbocycles. The zero-order valence-corrected chi connectivity index (χ0v) is 12.0. The van der Waals surface area contributed by atoms with Gasteiger partial charge in [0.1, 0.15) is 6.54 Å². The molecule has 0 unspecified atom stereocenters. The van der Waals surface area contributed by atoms with Crippen molar-refractivity contribution in [2.75, 3.05) is 13.1 Å². The number of benzene rings is 1. The minimum atomic E-state index is -0.610. The molecule has 1 fully saturated rings. The van der Waals surface area contributed by atoms with E-state index < -0.39 is 17.6 Å². The zero-order valence-electron chi connectivity index (χ0n) is 11.3. The highest BCUT2D eigenvalue weighted by atomic mass is 35.5. The van der Waals surface area contributed by atoms with Crippen LogP contribution in [0.1, 0.15) is 0 Å². The summed E-state index contributed by atoms with van der Waals surface area (Å²) in [6.07, 6.45) is 0. The Hall–Kier alpha value is -2.68. The number of nitrogens with one attached hydrogen (secondary N) is 1. The van der Waals surface area contributed by atoms with Crippen LogP contribution in [0, 0.1) is 0 Å². The Morgan fingerprint density at radius 2 is 2.05 bits per heavy atom. The van der Waals surface area contributed by atoms with Crippen LogP contribution >= 0.6 is 11.6 Å². The molecule has 1 N–H and O–H groups in total. The number of halogens is 1. The third-order valence-electron chi connectivity index (χ3n) is 3.16. The summed E-state index contributed by atoms with van der Waals surface area (Å²) in [5, 5.41) is 10.2. The first-order valence-corrected chi connectivity index (χ1v) is 6.81. The molecule has 1 saturated heterocycles. The molecule has 1 aliphatic heterocycles. The van der Waals surface area contributed by atoms with Crippen LogP contribution in [0.3, 0.4) is 0 Å². The van der Waals surface area contributed by atoms with Crippen LogP contribution in [-0.4, -0.2) is 49.7 Å². The second kappa shape index (κ2) is 5.60. The Bertz CT molecular complexity index is 798. The highest BCUT2D eigenvalue weighted by Crippen LogP contribution is 2.16. The summed E-state index contributed by atoms with van der Waals surface area (Å²) >= 11 is 6.00. The summed E-state index contributed by atoms with van der Waals surface area (Å²) < 4.78 is 1.89. The molecular weight excluding hydrogens is 312 g/mol. The van der Waals surface area contributed by atoms with Crippen molar-refractivity contribution >= 4 is 23.5 Å². The summed E-state index contributed by atoms with van der Waals surface area (Å²) in [5.74, 6) is -0.525. The van der Waals surface area contributed by atoms with Crippen LogP contribution in [0.5, 0.6) is 0 Å². The van der Waals surface area contributed by atoms with Gasteiger partial charge in [-0.25, -0.2) is 9.59 Å². The van der Waals surface area contributed by atoms with Gasteiger partial charge in [0.05, 0.1) is 10.7 Å². The lowest BCUT2D eigenvalue weighted by Crippen LogP contribution is -2.39. The zero-order chi connectivity index (χ0) is 15.7. The minimum absolute atomic E-state index is 0.269. The molecular formula is C12H11ClN6O3. The maximum atomic E-state index is 12.2. The van der Waals surface area contributed by atoms with Crippen molar-refractivity contribution in [3.63, 3.8) is 0 Å². The number of aromatic nitrogens is 4. The van der Waals surface area contributed by atoms with Gasteiger partial charge in [0.25, 0.3) is 5.91 Å². The number of amides is 3. The molecule has 0 radical (unpaired) electrons. The second-order valence-corrected chi connectivity index (χ2v) is 4.97. The van der Waals surface area contributed by atoms with Gasteiger partial charge in [0.2, 0.25) is 0 Å². The van der Waals surface area contributed by atoms with E-state index in [0.717, 1.165) is 14.3 Å². The van der Waals surface area contributed by atoms with E-state index in [1.165, 1.54) is 0 Å². The quantitative estimate of drug-likeness (QED) is 0.831. The summed E-state index contributed by atoms with van der Waals surface area (Å²) in [6, 6.07) is 6.17. The van der Waals surface area contributed by atoms with E-state index in [9.17, 15) is 14.4 Å². The number of imide groups is 1. The van der Waals surface area contributed by atoms with Crippen molar-refractivity contribution < 1.29 is 9.59 Å². The average Bonchev–Trinajstić information content (AvgIpc) is 3.07. The summed E-state index contributed by atoms with van der Waals surface area (Å²) in [6.45, 7) is 0.299. The average molecular weight is 323 g/mol. The maximum Gasteiger partial charge on any atom is 0.369 e. The van der Waals surface area contributed by atoms with E-state index in [0.29, 0.717) is 17.3 Å². The molecule has 3 rings (SSSR count). The Morgan fingerprint density at radius 1 is 1.27 bits per heavy atom. The number of nitrogens with zero attached hydrogens (tertiary/aromatic N) is 5. The van der Waals surface area contributed by atoms with Crippen LogP contribution in [0.2, 0.25) is 5.02 Å². The van der Waals surface area contributed by atoms with Gasteiger partial charge < -0.3 is 5.32 Å². The molecule has 2 aromatic rings. The third-order valence-corrected chi connectivity index (χ3v) is 3.48. The van der Waals surface area contributed by atoms with Crippen molar-refractivity contribution in [3.05, 3.63) is 39.8 Å². The molecule has 0 bridgehead atoms. The van der Waals surface area contributed by atoms with Crippen molar-refractivity contribution in [2.24, 2.45) is 0 Å². The molecule has 0 aliphatic carbocycles. The topological polar surface area (TPSA) is 102 Å². The number of hydrogen-bond acceptors (Lipinski definition) is 5. The van der Waals surface area contributed by atoms with Crippen LogP contribution in [0.15, 0.2) is 29.1 Å². The maximum absolute atomic E-state index is 12.2. The molecule has 114 valence electrons. The van der Waals surface area contributed by atoms with E-state index in [4.69, 9.17) is 11.6 Å². The fraction of sp³-hybridized carbons (Fsp3) is 0.250. The van der Waals surface area contributed by atoms with E-state index in [2.05, 4.69) is 15.7 Å². The fourth-order valence-electron chi connectivity index (χ4n) is 2.07. The molecule has 0 spiro atoms. The monoisotopic (exact) mass is 322 g/mol. The lowest BCUT2D eigenvalue weighted by Gasteiger charge is -2.10. The largest absolute Gasteiger partial charge is 0.369 e. The first kappa shape index (κ1) is 14.3. The molecule has 10 heteroatoms. The van der Waals surface area contributed by atoms with Crippen molar-refractivity contribution in [1.82, 2.24) is 30.0 Å². The van der Waals surface area contributed by atoms with Gasteiger partial charge in [-0.1, -0.05) is 23.7 Å². The molecule has 2 heterocycles. The Morgan fingerprint density at radius 3 is 2.73 bits per heavy atom. The van der Waals surface area contributed by atoms with Gasteiger partial charge in [-0.3, -0.25) is 9.69 Å². The van der Waals surface area contributed by atoms with Crippen LogP contribution in [-0.2, 0) is 11.3 Å². The lowest BCUT2D eigenvalue weighted by molar-refractivity contribution is -0.128. The number of carbonyl (C=O) groups excluding carboxylic acids is 2. The van der Waals surface area contributed by atoms with E-state index in [1.54, 1.807) is 24.3 Å². The molecule has 1 aliphatic rings. The fourth-order valence-corrected chi connectivity index (χ4v) is 2.29. The molecule has 0 saturated carbocycles. The van der Waals surface area contributed by atoms with Crippen molar-refractivity contribution in [3.8, 4) is 5.69 Å². The number of carbonyl (C=O) groups is 2. The Balaban J connectivity index is 1.85.